The van der Waals surface area contributed by atoms with E-state index < -0.39 is 5.54 Å². The van der Waals surface area contributed by atoms with Crippen molar-refractivity contribution in [3.8, 4) is 5.69 Å². The maximum Gasteiger partial charge on any atom is 0.201 e. The molecule has 1 aromatic heterocycles. The Balaban J connectivity index is 1.95. The largest absolute Gasteiger partial charge is 0.319 e. The molecular weight excluding hydrogens is 250 g/mol. The first kappa shape index (κ1) is 13.1. The SMILES string of the molecule is NC1(C(=O)c2ccnn2-c2ccccc2)CCCCC1. The van der Waals surface area contributed by atoms with E-state index in [2.05, 4.69) is 5.10 Å². The number of hydrogen-bond acceptors (Lipinski definition) is 3. The summed E-state index contributed by atoms with van der Waals surface area (Å²) in [6.45, 7) is 0. The third kappa shape index (κ3) is 2.27. The van der Waals surface area contributed by atoms with E-state index in [9.17, 15) is 4.79 Å². The topological polar surface area (TPSA) is 60.9 Å². The minimum Gasteiger partial charge on any atom is -0.319 e. The van der Waals surface area contributed by atoms with Gasteiger partial charge in [0.1, 0.15) is 5.69 Å². The number of aromatic nitrogens is 2. The molecule has 0 radical (unpaired) electrons. The highest BCUT2D eigenvalue weighted by molar-refractivity contribution is 6.02. The van der Waals surface area contributed by atoms with Crippen LogP contribution in [-0.2, 0) is 0 Å². The van der Waals surface area contributed by atoms with Crippen molar-refractivity contribution in [3.63, 3.8) is 0 Å². The average molecular weight is 269 g/mol. The monoisotopic (exact) mass is 269 g/mol. The Morgan fingerprint density at radius 1 is 1.10 bits per heavy atom. The molecule has 0 atom stereocenters. The highest BCUT2D eigenvalue weighted by Crippen LogP contribution is 2.29. The van der Waals surface area contributed by atoms with Crippen molar-refractivity contribution >= 4 is 5.78 Å². The normalized spacial score (nSPS) is 17.9. The van der Waals surface area contributed by atoms with Gasteiger partial charge in [0.05, 0.1) is 17.4 Å². The van der Waals surface area contributed by atoms with Gasteiger partial charge in [-0.15, -0.1) is 0 Å². The minimum atomic E-state index is -0.717. The van der Waals surface area contributed by atoms with E-state index in [0.29, 0.717) is 5.69 Å². The van der Waals surface area contributed by atoms with Gasteiger partial charge in [0.2, 0.25) is 5.78 Å². The van der Waals surface area contributed by atoms with E-state index in [4.69, 9.17) is 5.73 Å². The number of Topliss-reactive ketones (excluding diaryl/α,β-unsaturated/α-hetero) is 1. The van der Waals surface area contributed by atoms with Crippen molar-refractivity contribution < 1.29 is 4.79 Å². The molecule has 3 rings (SSSR count). The van der Waals surface area contributed by atoms with Gasteiger partial charge in [0.25, 0.3) is 0 Å². The molecule has 2 N–H and O–H groups in total. The fraction of sp³-hybridized carbons (Fsp3) is 0.375. The van der Waals surface area contributed by atoms with Crippen molar-refractivity contribution in [2.75, 3.05) is 0 Å². The summed E-state index contributed by atoms with van der Waals surface area (Å²) in [6.07, 6.45) is 6.43. The van der Waals surface area contributed by atoms with Gasteiger partial charge in [-0.25, -0.2) is 4.68 Å². The van der Waals surface area contributed by atoms with Crippen LogP contribution in [0.15, 0.2) is 42.6 Å². The predicted molar refractivity (Wildman–Crippen MR) is 77.9 cm³/mol. The van der Waals surface area contributed by atoms with Crippen LogP contribution in [0.5, 0.6) is 0 Å². The van der Waals surface area contributed by atoms with Crippen molar-refractivity contribution in [2.24, 2.45) is 5.73 Å². The molecule has 1 heterocycles. The highest BCUT2D eigenvalue weighted by atomic mass is 16.1. The molecule has 104 valence electrons. The quantitative estimate of drug-likeness (QED) is 0.871. The molecule has 20 heavy (non-hydrogen) atoms. The van der Waals surface area contributed by atoms with Gasteiger partial charge >= 0.3 is 0 Å². The van der Waals surface area contributed by atoms with Gasteiger partial charge < -0.3 is 5.73 Å². The van der Waals surface area contributed by atoms with Crippen LogP contribution < -0.4 is 5.73 Å². The summed E-state index contributed by atoms with van der Waals surface area (Å²) in [5.41, 5.74) is 7.11. The lowest BCUT2D eigenvalue weighted by molar-refractivity contribution is 0.0839. The molecule has 0 bridgehead atoms. The third-order valence-corrected chi connectivity index (χ3v) is 4.07. The number of carbonyl (C=O) groups is 1. The van der Waals surface area contributed by atoms with Crippen molar-refractivity contribution in [1.29, 1.82) is 0 Å². The van der Waals surface area contributed by atoms with E-state index >= 15 is 0 Å². The predicted octanol–water partition coefficient (Wildman–Crippen LogP) is 2.72. The first-order valence-corrected chi connectivity index (χ1v) is 7.14. The second-order valence-electron chi connectivity index (χ2n) is 5.51. The summed E-state index contributed by atoms with van der Waals surface area (Å²) in [7, 11) is 0. The average Bonchev–Trinajstić information content (AvgIpc) is 2.97. The number of carbonyl (C=O) groups excluding carboxylic acids is 1. The summed E-state index contributed by atoms with van der Waals surface area (Å²) in [6, 6.07) is 11.5. The Morgan fingerprint density at radius 3 is 2.50 bits per heavy atom. The number of rotatable bonds is 3. The number of benzene rings is 1. The molecule has 0 amide bonds. The number of para-hydroxylation sites is 1. The van der Waals surface area contributed by atoms with E-state index in [-0.39, 0.29) is 5.78 Å². The molecule has 1 fully saturated rings. The lowest BCUT2D eigenvalue weighted by Crippen LogP contribution is -2.49. The molecular formula is C16H19N3O. The standard InChI is InChI=1S/C16H19N3O/c17-16(10-5-2-6-11-16)15(20)14-9-12-18-19(14)13-7-3-1-4-8-13/h1,3-4,7-9,12H,2,5-6,10-11,17H2. The van der Waals surface area contributed by atoms with Crippen LogP contribution in [0, 0.1) is 0 Å². The first-order chi connectivity index (χ1) is 9.71. The number of nitrogens with two attached hydrogens (primary N) is 1. The first-order valence-electron chi connectivity index (χ1n) is 7.14. The fourth-order valence-corrected chi connectivity index (χ4v) is 2.92. The van der Waals surface area contributed by atoms with E-state index in [1.54, 1.807) is 16.9 Å². The number of hydrogen-bond donors (Lipinski definition) is 1. The van der Waals surface area contributed by atoms with Crippen LogP contribution >= 0.6 is 0 Å². The summed E-state index contributed by atoms with van der Waals surface area (Å²) in [5, 5.41) is 4.27. The van der Waals surface area contributed by atoms with Crippen LogP contribution in [0.2, 0.25) is 0 Å². The molecule has 0 saturated heterocycles. The number of nitrogens with zero attached hydrogens (tertiary/aromatic N) is 2. The molecule has 0 aliphatic heterocycles. The van der Waals surface area contributed by atoms with Crippen molar-refractivity contribution in [3.05, 3.63) is 48.3 Å². The van der Waals surface area contributed by atoms with Gasteiger partial charge in [0.15, 0.2) is 0 Å². The molecule has 0 unspecified atom stereocenters. The Morgan fingerprint density at radius 2 is 1.80 bits per heavy atom. The summed E-state index contributed by atoms with van der Waals surface area (Å²) in [4.78, 5) is 12.8. The van der Waals surface area contributed by atoms with Crippen LogP contribution in [-0.4, -0.2) is 21.1 Å². The molecule has 1 aliphatic rings. The van der Waals surface area contributed by atoms with E-state index in [1.165, 1.54) is 6.42 Å². The van der Waals surface area contributed by atoms with Gasteiger partial charge in [-0.3, -0.25) is 4.79 Å². The molecule has 4 heteroatoms. The van der Waals surface area contributed by atoms with Gasteiger partial charge in [-0.1, -0.05) is 37.5 Å². The fourth-order valence-electron chi connectivity index (χ4n) is 2.92. The second-order valence-corrected chi connectivity index (χ2v) is 5.51. The molecule has 1 aliphatic carbocycles. The Labute approximate surface area is 118 Å². The lowest BCUT2D eigenvalue weighted by atomic mass is 9.78. The van der Waals surface area contributed by atoms with Crippen LogP contribution in [0.25, 0.3) is 5.69 Å². The van der Waals surface area contributed by atoms with Crippen molar-refractivity contribution in [2.45, 2.75) is 37.6 Å². The Bertz CT molecular complexity index is 597. The smallest absolute Gasteiger partial charge is 0.201 e. The molecule has 4 nitrogen and oxygen atoms in total. The van der Waals surface area contributed by atoms with Crippen LogP contribution in [0.4, 0.5) is 0 Å². The van der Waals surface area contributed by atoms with Gasteiger partial charge in [-0.05, 0) is 31.0 Å². The zero-order valence-electron chi connectivity index (χ0n) is 11.5. The molecule has 1 saturated carbocycles. The maximum absolute atomic E-state index is 12.8. The number of ketones is 1. The highest BCUT2D eigenvalue weighted by Gasteiger charge is 2.37. The zero-order chi connectivity index (χ0) is 14.0. The summed E-state index contributed by atoms with van der Waals surface area (Å²) < 4.78 is 1.69. The molecule has 0 spiro atoms. The Kier molecular flexibility index (Phi) is 3.40. The summed E-state index contributed by atoms with van der Waals surface area (Å²) in [5.74, 6) is 0.0125. The maximum atomic E-state index is 12.8. The zero-order valence-corrected chi connectivity index (χ0v) is 11.5. The summed E-state index contributed by atoms with van der Waals surface area (Å²) >= 11 is 0. The van der Waals surface area contributed by atoms with Crippen molar-refractivity contribution in [1.82, 2.24) is 9.78 Å². The van der Waals surface area contributed by atoms with E-state index in [1.807, 2.05) is 30.3 Å². The lowest BCUT2D eigenvalue weighted by Gasteiger charge is -2.31. The second kappa shape index (κ2) is 5.21. The minimum absolute atomic E-state index is 0.0125. The van der Waals surface area contributed by atoms with Gasteiger partial charge in [-0.2, -0.15) is 5.10 Å². The Hall–Kier alpha value is -1.94. The van der Waals surface area contributed by atoms with Gasteiger partial charge in [0, 0.05) is 0 Å². The van der Waals surface area contributed by atoms with Crippen LogP contribution in [0.3, 0.4) is 0 Å². The molecule has 1 aromatic carbocycles. The van der Waals surface area contributed by atoms with Crippen LogP contribution in [0.1, 0.15) is 42.6 Å². The van der Waals surface area contributed by atoms with E-state index in [0.717, 1.165) is 31.4 Å². The molecule has 2 aromatic rings. The third-order valence-electron chi connectivity index (χ3n) is 4.07.